The number of methoxy groups -OCH3 is 2. The summed E-state index contributed by atoms with van der Waals surface area (Å²) in [7, 11) is 3.31. The Balaban J connectivity index is 1.85. The lowest BCUT2D eigenvalue weighted by Crippen LogP contribution is -2.20. The Morgan fingerprint density at radius 3 is 2.59 bits per heavy atom. The second kappa shape index (κ2) is 7.84. The van der Waals surface area contributed by atoms with Crippen LogP contribution in [-0.2, 0) is 13.0 Å². The number of ether oxygens (including phenoxy) is 2. The fourth-order valence-corrected chi connectivity index (χ4v) is 2.43. The van der Waals surface area contributed by atoms with Gasteiger partial charge in [0.15, 0.2) is 11.5 Å². The molecule has 2 aromatic rings. The number of aromatic nitrogens is 2. The summed E-state index contributed by atoms with van der Waals surface area (Å²) in [6.45, 7) is 6.00. The van der Waals surface area contributed by atoms with Gasteiger partial charge >= 0.3 is 0 Å². The van der Waals surface area contributed by atoms with Crippen molar-refractivity contribution in [3.05, 3.63) is 41.7 Å². The summed E-state index contributed by atoms with van der Waals surface area (Å²) in [5, 5.41) is 7.81. The lowest BCUT2D eigenvalue weighted by molar-refractivity contribution is 0.354. The molecule has 1 N–H and O–H groups in total. The first-order valence-electron chi connectivity index (χ1n) is 7.59. The molecule has 0 amide bonds. The van der Waals surface area contributed by atoms with E-state index in [1.165, 1.54) is 11.3 Å². The SMILES string of the molecule is COc1ccc(CCNCc2ccnn2C(C)C)cc1OC. The standard InChI is InChI=1S/C17H25N3O2/c1-13(2)20-15(8-10-19-20)12-18-9-7-14-5-6-16(21-3)17(11-14)22-4/h5-6,8,10-11,13,18H,7,9,12H2,1-4H3. The molecule has 0 radical (unpaired) electrons. The van der Waals surface area contributed by atoms with E-state index in [0.717, 1.165) is 31.0 Å². The summed E-state index contributed by atoms with van der Waals surface area (Å²) < 4.78 is 12.6. The number of hydrogen-bond donors (Lipinski definition) is 1. The van der Waals surface area contributed by atoms with Gasteiger partial charge in [0.1, 0.15) is 0 Å². The number of nitrogens with one attached hydrogen (secondary N) is 1. The highest BCUT2D eigenvalue weighted by atomic mass is 16.5. The van der Waals surface area contributed by atoms with Gasteiger partial charge in [-0.25, -0.2) is 0 Å². The third-order valence-corrected chi connectivity index (χ3v) is 3.59. The molecule has 0 bridgehead atoms. The Labute approximate surface area is 132 Å². The molecule has 1 aromatic carbocycles. The van der Waals surface area contributed by atoms with Crippen molar-refractivity contribution in [2.24, 2.45) is 0 Å². The Hall–Kier alpha value is -2.01. The van der Waals surface area contributed by atoms with Gasteiger partial charge in [0.25, 0.3) is 0 Å². The fourth-order valence-electron chi connectivity index (χ4n) is 2.43. The minimum absolute atomic E-state index is 0.387. The maximum absolute atomic E-state index is 5.33. The molecule has 0 saturated carbocycles. The van der Waals surface area contributed by atoms with E-state index < -0.39 is 0 Å². The Morgan fingerprint density at radius 2 is 1.91 bits per heavy atom. The molecule has 22 heavy (non-hydrogen) atoms. The summed E-state index contributed by atoms with van der Waals surface area (Å²) in [6, 6.07) is 8.49. The van der Waals surface area contributed by atoms with Crippen LogP contribution in [0, 0.1) is 0 Å². The average molecular weight is 303 g/mol. The monoisotopic (exact) mass is 303 g/mol. The van der Waals surface area contributed by atoms with Crippen LogP contribution in [0.25, 0.3) is 0 Å². The third kappa shape index (κ3) is 4.01. The molecule has 0 aliphatic rings. The van der Waals surface area contributed by atoms with Gasteiger partial charge in [-0.05, 0) is 50.6 Å². The van der Waals surface area contributed by atoms with Crippen molar-refractivity contribution in [2.75, 3.05) is 20.8 Å². The number of hydrogen-bond acceptors (Lipinski definition) is 4. The van der Waals surface area contributed by atoms with Crippen LogP contribution in [0.15, 0.2) is 30.5 Å². The van der Waals surface area contributed by atoms with Crippen molar-refractivity contribution in [1.29, 1.82) is 0 Å². The predicted molar refractivity (Wildman–Crippen MR) is 87.6 cm³/mol. The molecule has 5 nitrogen and oxygen atoms in total. The van der Waals surface area contributed by atoms with Gasteiger partial charge in [-0.3, -0.25) is 4.68 Å². The van der Waals surface area contributed by atoms with Crippen LogP contribution in [0.2, 0.25) is 0 Å². The molecule has 0 fully saturated rings. The van der Waals surface area contributed by atoms with Crippen molar-refractivity contribution in [2.45, 2.75) is 32.9 Å². The molecule has 0 atom stereocenters. The van der Waals surface area contributed by atoms with Crippen LogP contribution >= 0.6 is 0 Å². The van der Waals surface area contributed by atoms with Gasteiger partial charge in [-0.15, -0.1) is 0 Å². The smallest absolute Gasteiger partial charge is 0.160 e. The zero-order chi connectivity index (χ0) is 15.9. The van der Waals surface area contributed by atoms with E-state index >= 15 is 0 Å². The van der Waals surface area contributed by atoms with Crippen molar-refractivity contribution in [1.82, 2.24) is 15.1 Å². The minimum atomic E-state index is 0.387. The normalized spacial score (nSPS) is 11.0. The molecule has 1 aromatic heterocycles. The van der Waals surface area contributed by atoms with Gasteiger partial charge in [0, 0.05) is 18.8 Å². The van der Waals surface area contributed by atoms with E-state index in [-0.39, 0.29) is 0 Å². The summed E-state index contributed by atoms with van der Waals surface area (Å²) in [5.74, 6) is 1.54. The molecule has 0 saturated heterocycles. The highest BCUT2D eigenvalue weighted by Gasteiger charge is 2.06. The average Bonchev–Trinajstić information content (AvgIpc) is 3.00. The quantitative estimate of drug-likeness (QED) is 0.762. The highest BCUT2D eigenvalue weighted by Crippen LogP contribution is 2.27. The van der Waals surface area contributed by atoms with Gasteiger partial charge < -0.3 is 14.8 Å². The number of nitrogens with zero attached hydrogens (tertiary/aromatic N) is 2. The molecule has 0 aliphatic carbocycles. The Kier molecular flexibility index (Phi) is 5.83. The van der Waals surface area contributed by atoms with Gasteiger partial charge in [-0.1, -0.05) is 6.07 Å². The lowest BCUT2D eigenvalue weighted by atomic mass is 10.1. The zero-order valence-electron chi connectivity index (χ0n) is 13.8. The first kappa shape index (κ1) is 16.4. The van der Waals surface area contributed by atoms with Gasteiger partial charge in [-0.2, -0.15) is 5.10 Å². The van der Waals surface area contributed by atoms with E-state index in [9.17, 15) is 0 Å². The second-order valence-electron chi connectivity index (χ2n) is 5.48. The van der Waals surface area contributed by atoms with Crippen molar-refractivity contribution in [3.8, 4) is 11.5 Å². The first-order chi connectivity index (χ1) is 10.7. The molecule has 5 heteroatoms. The van der Waals surface area contributed by atoms with E-state index in [0.29, 0.717) is 6.04 Å². The molecule has 0 spiro atoms. The second-order valence-corrected chi connectivity index (χ2v) is 5.48. The summed E-state index contributed by atoms with van der Waals surface area (Å²) in [6.07, 6.45) is 2.79. The van der Waals surface area contributed by atoms with Crippen molar-refractivity contribution in [3.63, 3.8) is 0 Å². The maximum atomic E-state index is 5.33. The minimum Gasteiger partial charge on any atom is -0.493 e. The van der Waals surface area contributed by atoms with Crippen molar-refractivity contribution >= 4 is 0 Å². The largest absolute Gasteiger partial charge is 0.493 e. The van der Waals surface area contributed by atoms with E-state index in [1.54, 1.807) is 14.2 Å². The summed E-state index contributed by atoms with van der Waals surface area (Å²) in [4.78, 5) is 0. The molecule has 2 rings (SSSR count). The Bertz CT molecular complexity index is 593. The first-order valence-corrected chi connectivity index (χ1v) is 7.59. The number of rotatable bonds is 8. The Morgan fingerprint density at radius 1 is 1.14 bits per heavy atom. The molecular weight excluding hydrogens is 278 g/mol. The molecule has 120 valence electrons. The topological polar surface area (TPSA) is 48.3 Å². The van der Waals surface area contributed by atoms with Crippen LogP contribution in [0.3, 0.4) is 0 Å². The predicted octanol–water partition coefficient (Wildman–Crippen LogP) is 2.81. The van der Waals surface area contributed by atoms with E-state index in [4.69, 9.17) is 9.47 Å². The van der Waals surface area contributed by atoms with Crippen LogP contribution in [0.5, 0.6) is 11.5 Å². The van der Waals surface area contributed by atoms with Crippen LogP contribution in [0.1, 0.15) is 31.1 Å². The zero-order valence-corrected chi connectivity index (χ0v) is 13.8. The highest BCUT2D eigenvalue weighted by molar-refractivity contribution is 5.42. The van der Waals surface area contributed by atoms with Gasteiger partial charge in [0.2, 0.25) is 0 Å². The molecule has 0 unspecified atom stereocenters. The third-order valence-electron chi connectivity index (χ3n) is 3.59. The van der Waals surface area contributed by atoms with E-state index in [2.05, 4.69) is 36.4 Å². The summed E-state index contributed by atoms with van der Waals surface area (Å²) in [5.41, 5.74) is 2.44. The molecular formula is C17H25N3O2. The summed E-state index contributed by atoms with van der Waals surface area (Å²) >= 11 is 0. The molecule has 0 aliphatic heterocycles. The van der Waals surface area contributed by atoms with Crippen LogP contribution in [0.4, 0.5) is 0 Å². The van der Waals surface area contributed by atoms with E-state index in [1.807, 2.05) is 23.0 Å². The maximum Gasteiger partial charge on any atom is 0.160 e. The fraction of sp³-hybridized carbons (Fsp3) is 0.471. The van der Waals surface area contributed by atoms with Gasteiger partial charge in [0.05, 0.1) is 19.9 Å². The number of benzene rings is 1. The lowest BCUT2D eigenvalue weighted by Gasteiger charge is -2.12. The van der Waals surface area contributed by atoms with Crippen molar-refractivity contribution < 1.29 is 9.47 Å². The van der Waals surface area contributed by atoms with Crippen LogP contribution < -0.4 is 14.8 Å². The molecule has 1 heterocycles. The van der Waals surface area contributed by atoms with Crippen LogP contribution in [-0.4, -0.2) is 30.5 Å².